The lowest BCUT2D eigenvalue weighted by Gasteiger charge is -2.21. The van der Waals surface area contributed by atoms with E-state index in [9.17, 15) is 14.4 Å². The van der Waals surface area contributed by atoms with Crippen LogP contribution in [-0.2, 0) is 19.1 Å². The minimum absolute atomic E-state index is 0.0524. The molecule has 2 aliphatic heterocycles. The molecule has 2 fully saturated rings. The van der Waals surface area contributed by atoms with Crippen molar-refractivity contribution < 1.29 is 19.1 Å². The first-order valence-electron chi connectivity index (χ1n) is 6.12. The molecule has 94 valence electrons. The summed E-state index contributed by atoms with van der Waals surface area (Å²) in [6, 6.07) is 0. The molecule has 2 rings (SSSR count). The minimum Gasteiger partial charge on any atom is -0.381 e. The number of likely N-dealkylation sites (tertiary alicyclic amines) is 1. The maximum Gasteiger partial charge on any atom is 0.229 e. The van der Waals surface area contributed by atoms with Gasteiger partial charge in [-0.3, -0.25) is 19.3 Å². The number of carbonyl (C=O) groups is 3. The van der Waals surface area contributed by atoms with Crippen LogP contribution in [0, 0.1) is 5.92 Å². The molecule has 0 unspecified atom stereocenters. The van der Waals surface area contributed by atoms with Gasteiger partial charge in [-0.1, -0.05) is 0 Å². The average molecular weight is 239 g/mol. The van der Waals surface area contributed by atoms with Crippen LogP contribution in [0.1, 0.15) is 32.1 Å². The second kappa shape index (κ2) is 5.40. The summed E-state index contributed by atoms with van der Waals surface area (Å²) in [6.45, 7) is 1.53. The molecule has 0 radical (unpaired) electrons. The van der Waals surface area contributed by atoms with Gasteiger partial charge in [-0.05, 0) is 12.8 Å². The van der Waals surface area contributed by atoms with E-state index in [-0.39, 0.29) is 30.1 Å². The molecule has 5 heteroatoms. The molecule has 0 aliphatic carbocycles. The average Bonchev–Trinajstić information content (AvgIpc) is 2.67. The summed E-state index contributed by atoms with van der Waals surface area (Å²) >= 11 is 0. The van der Waals surface area contributed by atoms with Gasteiger partial charge >= 0.3 is 0 Å². The second-order valence-corrected chi connectivity index (χ2v) is 4.54. The molecule has 0 spiro atoms. The lowest BCUT2D eigenvalue weighted by Crippen LogP contribution is -2.33. The van der Waals surface area contributed by atoms with Crippen LogP contribution in [-0.4, -0.2) is 42.3 Å². The number of ether oxygens (including phenoxy) is 1. The van der Waals surface area contributed by atoms with Crippen molar-refractivity contribution in [1.29, 1.82) is 0 Å². The molecule has 0 bridgehead atoms. The molecule has 2 saturated heterocycles. The van der Waals surface area contributed by atoms with Crippen molar-refractivity contribution in [2.24, 2.45) is 5.92 Å². The second-order valence-electron chi connectivity index (χ2n) is 4.54. The van der Waals surface area contributed by atoms with E-state index in [2.05, 4.69) is 0 Å². The van der Waals surface area contributed by atoms with Gasteiger partial charge < -0.3 is 4.74 Å². The number of amides is 2. The Balaban J connectivity index is 1.79. The number of imide groups is 1. The fourth-order valence-corrected chi connectivity index (χ4v) is 2.32. The molecule has 0 atom stereocenters. The van der Waals surface area contributed by atoms with Gasteiger partial charge in [0, 0.05) is 44.9 Å². The van der Waals surface area contributed by atoms with Gasteiger partial charge in [0.2, 0.25) is 11.8 Å². The van der Waals surface area contributed by atoms with Gasteiger partial charge in [-0.25, -0.2) is 0 Å². The van der Waals surface area contributed by atoms with Crippen molar-refractivity contribution in [3.05, 3.63) is 0 Å². The Hall–Kier alpha value is -1.23. The first-order chi connectivity index (χ1) is 8.18. The lowest BCUT2D eigenvalue weighted by atomic mass is 9.93. The van der Waals surface area contributed by atoms with E-state index in [1.807, 2.05) is 0 Å². The highest BCUT2D eigenvalue weighted by molar-refractivity contribution is 6.02. The lowest BCUT2D eigenvalue weighted by molar-refractivity contribution is -0.138. The molecule has 0 N–H and O–H groups in total. The third-order valence-corrected chi connectivity index (χ3v) is 3.41. The van der Waals surface area contributed by atoms with Crippen LogP contribution in [0.3, 0.4) is 0 Å². The standard InChI is InChI=1S/C12H17NO4/c14-10(9-4-7-17-8-5-9)3-6-13-11(15)1-2-12(13)16/h9H,1-8H2. The number of carbonyl (C=O) groups excluding carboxylic acids is 3. The molecule has 2 heterocycles. The number of hydrogen-bond acceptors (Lipinski definition) is 4. The summed E-state index contributed by atoms with van der Waals surface area (Å²) in [7, 11) is 0. The van der Waals surface area contributed by atoms with Crippen LogP contribution in [0.15, 0.2) is 0 Å². The van der Waals surface area contributed by atoms with Crippen molar-refractivity contribution in [3.8, 4) is 0 Å². The van der Waals surface area contributed by atoms with E-state index in [0.29, 0.717) is 32.5 Å². The molecule has 0 aromatic heterocycles. The fraction of sp³-hybridized carbons (Fsp3) is 0.750. The quantitative estimate of drug-likeness (QED) is 0.671. The Bertz CT molecular complexity index is 317. The monoisotopic (exact) mass is 239 g/mol. The van der Waals surface area contributed by atoms with E-state index in [4.69, 9.17) is 4.74 Å². The van der Waals surface area contributed by atoms with E-state index >= 15 is 0 Å². The molecule has 2 amide bonds. The predicted octanol–water partition coefficient (Wildman–Crippen LogP) is 0.521. The van der Waals surface area contributed by atoms with Crippen molar-refractivity contribution in [1.82, 2.24) is 4.90 Å². The van der Waals surface area contributed by atoms with Crippen molar-refractivity contribution in [2.75, 3.05) is 19.8 Å². The van der Waals surface area contributed by atoms with Crippen molar-refractivity contribution in [3.63, 3.8) is 0 Å². The molecule has 0 aromatic rings. The number of ketones is 1. The third kappa shape index (κ3) is 2.91. The highest BCUT2D eigenvalue weighted by Gasteiger charge is 2.30. The SMILES string of the molecule is O=C(CCN1C(=O)CCC1=O)C1CCOCC1. The Kier molecular flexibility index (Phi) is 3.89. The summed E-state index contributed by atoms with van der Waals surface area (Å²) < 4.78 is 5.19. The van der Waals surface area contributed by atoms with Crippen molar-refractivity contribution >= 4 is 17.6 Å². The smallest absolute Gasteiger partial charge is 0.229 e. The molecule has 17 heavy (non-hydrogen) atoms. The van der Waals surface area contributed by atoms with Gasteiger partial charge in [-0.15, -0.1) is 0 Å². The third-order valence-electron chi connectivity index (χ3n) is 3.41. The molecular formula is C12H17NO4. The number of rotatable bonds is 4. The number of Topliss-reactive ketones (excluding diaryl/α,β-unsaturated/α-hetero) is 1. The van der Waals surface area contributed by atoms with Gasteiger partial charge in [0.25, 0.3) is 0 Å². The first-order valence-corrected chi connectivity index (χ1v) is 6.12. The van der Waals surface area contributed by atoms with Gasteiger partial charge in [-0.2, -0.15) is 0 Å². The summed E-state index contributed by atoms with van der Waals surface area (Å²) in [5.74, 6) is -0.0816. The Morgan fingerprint density at radius 3 is 2.35 bits per heavy atom. The van der Waals surface area contributed by atoms with Crippen LogP contribution < -0.4 is 0 Å². The summed E-state index contributed by atoms with van der Waals surface area (Å²) in [5, 5.41) is 0. The largest absolute Gasteiger partial charge is 0.381 e. The van der Waals surface area contributed by atoms with Crippen LogP contribution >= 0.6 is 0 Å². The maximum atomic E-state index is 11.9. The topological polar surface area (TPSA) is 63.7 Å². The molecule has 5 nitrogen and oxygen atoms in total. The highest BCUT2D eigenvalue weighted by Crippen LogP contribution is 2.18. The van der Waals surface area contributed by atoms with Crippen LogP contribution in [0.5, 0.6) is 0 Å². The molecule has 2 aliphatic rings. The summed E-state index contributed by atoms with van der Waals surface area (Å²) in [5.41, 5.74) is 0. The molecule has 0 saturated carbocycles. The normalized spacial score (nSPS) is 22.2. The summed E-state index contributed by atoms with van der Waals surface area (Å²) in [6.07, 6.45) is 2.41. The molecule has 0 aromatic carbocycles. The Labute approximate surface area is 100 Å². The van der Waals surface area contributed by atoms with E-state index in [1.54, 1.807) is 0 Å². The van der Waals surface area contributed by atoms with E-state index in [1.165, 1.54) is 4.90 Å². The minimum atomic E-state index is -0.144. The van der Waals surface area contributed by atoms with Gasteiger partial charge in [0.15, 0.2) is 0 Å². The van der Waals surface area contributed by atoms with E-state index < -0.39 is 0 Å². The fourth-order valence-electron chi connectivity index (χ4n) is 2.32. The zero-order valence-corrected chi connectivity index (χ0v) is 9.81. The Morgan fingerprint density at radius 2 is 1.76 bits per heavy atom. The number of hydrogen-bond donors (Lipinski definition) is 0. The molecular weight excluding hydrogens is 222 g/mol. The zero-order valence-electron chi connectivity index (χ0n) is 9.81. The van der Waals surface area contributed by atoms with E-state index in [0.717, 1.165) is 12.8 Å². The van der Waals surface area contributed by atoms with Crippen LogP contribution in [0.4, 0.5) is 0 Å². The number of nitrogens with zero attached hydrogens (tertiary/aromatic N) is 1. The maximum absolute atomic E-state index is 11.9. The predicted molar refractivity (Wildman–Crippen MR) is 59.1 cm³/mol. The van der Waals surface area contributed by atoms with Crippen molar-refractivity contribution in [2.45, 2.75) is 32.1 Å². The van der Waals surface area contributed by atoms with Crippen LogP contribution in [0.25, 0.3) is 0 Å². The van der Waals surface area contributed by atoms with Gasteiger partial charge in [0.05, 0.1) is 0 Å². The first kappa shape index (κ1) is 12.2. The highest BCUT2D eigenvalue weighted by atomic mass is 16.5. The van der Waals surface area contributed by atoms with Crippen LogP contribution in [0.2, 0.25) is 0 Å². The summed E-state index contributed by atoms with van der Waals surface area (Å²) in [4.78, 5) is 35.8. The zero-order chi connectivity index (χ0) is 12.3. The Morgan fingerprint density at radius 1 is 1.18 bits per heavy atom. The van der Waals surface area contributed by atoms with Gasteiger partial charge in [0.1, 0.15) is 5.78 Å².